The Balaban J connectivity index is 1.99. The third kappa shape index (κ3) is 2.98. The van der Waals surface area contributed by atoms with Crippen LogP contribution in [-0.4, -0.2) is 45.9 Å². The molecule has 7 nitrogen and oxygen atoms in total. The molecule has 1 amide bonds. The zero-order chi connectivity index (χ0) is 21.6. The molecule has 0 saturated carbocycles. The Hall–Kier alpha value is -3.48. The molecule has 1 aromatic heterocycles. The molecule has 2 heterocycles. The van der Waals surface area contributed by atoms with Crippen LogP contribution in [0.5, 0.6) is 17.2 Å². The Morgan fingerprint density at radius 2 is 1.67 bits per heavy atom. The van der Waals surface area contributed by atoms with Gasteiger partial charge in [-0.15, -0.1) is 0 Å². The van der Waals surface area contributed by atoms with Crippen molar-refractivity contribution < 1.29 is 19.4 Å². The van der Waals surface area contributed by atoms with E-state index in [0.29, 0.717) is 5.69 Å². The number of hydrogen-bond donors (Lipinski definition) is 2. The monoisotopic (exact) mass is 407 g/mol. The van der Waals surface area contributed by atoms with Crippen LogP contribution in [0.4, 0.5) is 0 Å². The number of hydrogen-bond acceptors (Lipinski definition) is 5. The molecule has 7 heteroatoms. The minimum absolute atomic E-state index is 0.0777. The topological polar surface area (TPSA) is 87.7 Å². The van der Waals surface area contributed by atoms with Gasteiger partial charge >= 0.3 is 0 Å². The van der Waals surface area contributed by atoms with E-state index in [2.05, 4.69) is 10.2 Å². The lowest BCUT2D eigenvalue weighted by molar-refractivity contribution is 0.0545. The molecule has 0 fully saturated rings. The average molecular weight is 407 g/mol. The fraction of sp³-hybridized carbons (Fsp3) is 0.304. The highest BCUT2D eigenvalue weighted by atomic mass is 16.5. The Morgan fingerprint density at radius 3 is 2.20 bits per heavy atom. The number of carbonyl (C=O) groups excluding carboxylic acids is 1. The number of H-pyrrole nitrogens is 1. The third-order valence-corrected chi connectivity index (χ3v) is 5.36. The van der Waals surface area contributed by atoms with Gasteiger partial charge in [-0.05, 0) is 38.5 Å². The van der Waals surface area contributed by atoms with Crippen molar-refractivity contribution in [2.45, 2.75) is 32.4 Å². The van der Waals surface area contributed by atoms with Gasteiger partial charge in [-0.2, -0.15) is 5.10 Å². The van der Waals surface area contributed by atoms with Crippen LogP contribution < -0.4 is 9.47 Å². The molecule has 1 atom stereocenters. The summed E-state index contributed by atoms with van der Waals surface area (Å²) < 4.78 is 10.7. The summed E-state index contributed by atoms with van der Waals surface area (Å²) >= 11 is 0. The summed E-state index contributed by atoms with van der Waals surface area (Å²) in [6, 6.07) is 12.8. The molecule has 0 radical (unpaired) electrons. The molecule has 0 spiro atoms. The molecular weight excluding hydrogens is 382 g/mol. The number of aromatic amines is 1. The van der Waals surface area contributed by atoms with Gasteiger partial charge < -0.3 is 19.5 Å². The molecular formula is C23H25N3O4. The van der Waals surface area contributed by atoms with Gasteiger partial charge in [0.2, 0.25) is 5.75 Å². The zero-order valence-electron chi connectivity index (χ0n) is 17.7. The van der Waals surface area contributed by atoms with Crippen LogP contribution in [0.25, 0.3) is 11.3 Å². The Morgan fingerprint density at radius 1 is 1.07 bits per heavy atom. The fourth-order valence-electron chi connectivity index (χ4n) is 4.04. The predicted molar refractivity (Wildman–Crippen MR) is 113 cm³/mol. The maximum absolute atomic E-state index is 13.4. The smallest absolute Gasteiger partial charge is 0.273 e. The van der Waals surface area contributed by atoms with Crippen molar-refractivity contribution in [3.05, 3.63) is 59.3 Å². The number of fused-ring (bicyclic) bond motifs is 1. The van der Waals surface area contributed by atoms with Crippen molar-refractivity contribution >= 4 is 5.91 Å². The van der Waals surface area contributed by atoms with Gasteiger partial charge in [0.1, 0.15) is 5.69 Å². The molecule has 156 valence electrons. The van der Waals surface area contributed by atoms with Crippen LogP contribution in [0.15, 0.2) is 42.5 Å². The second-order valence-corrected chi connectivity index (χ2v) is 8.25. The summed E-state index contributed by atoms with van der Waals surface area (Å²) in [5.74, 6) is 0.363. The summed E-state index contributed by atoms with van der Waals surface area (Å²) in [6.45, 7) is 5.98. The van der Waals surface area contributed by atoms with Gasteiger partial charge in [-0.3, -0.25) is 9.89 Å². The maximum Gasteiger partial charge on any atom is 0.273 e. The highest BCUT2D eigenvalue weighted by Crippen LogP contribution is 2.49. The second kappa shape index (κ2) is 7.09. The Kier molecular flexibility index (Phi) is 4.68. The number of ether oxygens (including phenoxy) is 2. The largest absolute Gasteiger partial charge is 0.502 e. The number of aromatic nitrogens is 2. The number of phenolic OH excluding ortho intramolecular Hbond substituents is 1. The van der Waals surface area contributed by atoms with E-state index in [1.807, 2.05) is 56.0 Å². The average Bonchev–Trinajstić information content (AvgIpc) is 3.28. The maximum atomic E-state index is 13.4. The lowest BCUT2D eigenvalue weighted by Crippen LogP contribution is -2.44. The van der Waals surface area contributed by atoms with Crippen LogP contribution in [0.3, 0.4) is 0 Å². The highest BCUT2D eigenvalue weighted by Gasteiger charge is 2.47. The molecule has 0 saturated heterocycles. The molecule has 2 N–H and O–H groups in total. The van der Waals surface area contributed by atoms with Gasteiger partial charge in [0.25, 0.3) is 5.91 Å². The van der Waals surface area contributed by atoms with Crippen molar-refractivity contribution in [1.29, 1.82) is 0 Å². The predicted octanol–water partition coefficient (Wildman–Crippen LogP) is 4.14. The van der Waals surface area contributed by atoms with Crippen LogP contribution in [0.1, 0.15) is 48.4 Å². The molecule has 3 aromatic rings. The number of nitrogens with one attached hydrogen (secondary N) is 1. The SMILES string of the molecule is COc1cc(C2c3c(-c4ccccc4)n[nH]c3C(=O)N2C(C)(C)C)cc(OC)c1O. The minimum Gasteiger partial charge on any atom is -0.502 e. The van der Waals surface area contributed by atoms with E-state index in [9.17, 15) is 9.90 Å². The Bertz CT molecular complexity index is 1070. The van der Waals surface area contributed by atoms with Gasteiger partial charge in [-0.1, -0.05) is 30.3 Å². The van der Waals surface area contributed by atoms with E-state index in [1.54, 1.807) is 12.1 Å². The lowest BCUT2D eigenvalue weighted by Gasteiger charge is -2.38. The standard InChI is InChI=1S/C23H25N3O4/c1-23(2,3)26-20(14-11-15(29-4)21(27)16(12-14)30-5)17-18(13-9-7-6-8-10-13)24-25-19(17)22(26)28/h6-12,20,27H,1-5H3,(H,24,25). The second-order valence-electron chi connectivity index (χ2n) is 8.25. The van der Waals surface area contributed by atoms with Crippen LogP contribution >= 0.6 is 0 Å². The van der Waals surface area contributed by atoms with Gasteiger partial charge in [0, 0.05) is 16.7 Å². The Labute approximate surface area is 175 Å². The fourth-order valence-corrected chi connectivity index (χ4v) is 4.04. The molecule has 1 unspecified atom stereocenters. The molecule has 0 aliphatic carbocycles. The van der Waals surface area contributed by atoms with Gasteiger partial charge in [-0.25, -0.2) is 0 Å². The summed E-state index contributed by atoms with van der Waals surface area (Å²) in [5.41, 5.74) is 3.22. The number of rotatable bonds is 4. The summed E-state index contributed by atoms with van der Waals surface area (Å²) in [4.78, 5) is 15.2. The van der Waals surface area contributed by atoms with Crippen molar-refractivity contribution in [2.75, 3.05) is 14.2 Å². The third-order valence-electron chi connectivity index (χ3n) is 5.36. The molecule has 0 bridgehead atoms. The zero-order valence-corrected chi connectivity index (χ0v) is 17.7. The first-order valence-corrected chi connectivity index (χ1v) is 9.70. The van der Waals surface area contributed by atoms with Crippen LogP contribution in [0, 0.1) is 0 Å². The number of methoxy groups -OCH3 is 2. The normalized spacial score (nSPS) is 16.0. The lowest BCUT2D eigenvalue weighted by atomic mass is 9.93. The number of carbonyl (C=O) groups is 1. The van der Waals surface area contributed by atoms with Gasteiger partial charge in [0.05, 0.1) is 26.0 Å². The summed E-state index contributed by atoms with van der Waals surface area (Å²) in [5, 5.41) is 17.8. The first-order chi connectivity index (χ1) is 14.3. The number of aromatic hydroxyl groups is 1. The molecule has 30 heavy (non-hydrogen) atoms. The summed E-state index contributed by atoms with van der Waals surface area (Å²) in [6.07, 6.45) is 0. The van der Waals surface area contributed by atoms with E-state index in [4.69, 9.17) is 9.47 Å². The van der Waals surface area contributed by atoms with Crippen molar-refractivity contribution in [3.63, 3.8) is 0 Å². The van der Waals surface area contributed by atoms with Crippen molar-refractivity contribution in [2.24, 2.45) is 0 Å². The number of benzene rings is 2. The molecule has 4 rings (SSSR count). The number of phenols is 1. The van der Waals surface area contributed by atoms with Crippen molar-refractivity contribution in [3.8, 4) is 28.5 Å². The number of amides is 1. The summed E-state index contributed by atoms with van der Waals surface area (Å²) in [7, 11) is 2.97. The van der Waals surface area contributed by atoms with Gasteiger partial charge in [0.15, 0.2) is 11.5 Å². The quantitative estimate of drug-likeness (QED) is 0.679. The molecule has 2 aromatic carbocycles. The minimum atomic E-state index is -0.464. The van der Waals surface area contributed by atoms with E-state index in [0.717, 1.165) is 22.4 Å². The highest BCUT2D eigenvalue weighted by molar-refractivity contribution is 6.00. The van der Waals surface area contributed by atoms with Crippen LogP contribution in [0.2, 0.25) is 0 Å². The van der Waals surface area contributed by atoms with E-state index < -0.39 is 11.6 Å². The van der Waals surface area contributed by atoms with E-state index in [1.165, 1.54) is 14.2 Å². The first kappa shape index (κ1) is 19.8. The van der Waals surface area contributed by atoms with E-state index in [-0.39, 0.29) is 23.2 Å². The number of nitrogens with zero attached hydrogens (tertiary/aromatic N) is 2. The van der Waals surface area contributed by atoms with Crippen molar-refractivity contribution in [1.82, 2.24) is 15.1 Å². The molecule has 1 aliphatic heterocycles. The molecule has 1 aliphatic rings. The van der Waals surface area contributed by atoms with E-state index >= 15 is 0 Å². The van der Waals surface area contributed by atoms with Crippen LogP contribution in [-0.2, 0) is 0 Å². The first-order valence-electron chi connectivity index (χ1n) is 9.70.